The fourth-order valence-corrected chi connectivity index (χ4v) is 3.91. The van der Waals surface area contributed by atoms with Gasteiger partial charge in [0, 0.05) is 24.7 Å². The number of anilines is 1. The van der Waals surface area contributed by atoms with Crippen molar-refractivity contribution in [1.82, 2.24) is 10.3 Å². The van der Waals surface area contributed by atoms with Crippen molar-refractivity contribution in [3.63, 3.8) is 0 Å². The van der Waals surface area contributed by atoms with E-state index in [1.54, 1.807) is 6.07 Å². The van der Waals surface area contributed by atoms with Crippen molar-refractivity contribution in [2.45, 2.75) is 39.2 Å². The molecule has 1 aliphatic rings. The molecule has 1 amide bonds. The minimum Gasteiger partial charge on any atom is -0.441 e. The van der Waals surface area contributed by atoms with E-state index in [-0.39, 0.29) is 24.2 Å². The molecule has 1 fully saturated rings. The largest absolute Gasteiger partial charge is 0.441 e. The smallest absolute Gasteiger partial charge is 0.226 e. The predicted molar refractivity (Wildman–Crippen MR) is 115 cm³/mol. The Bertz CT molecular complexity index is 1030. The van der Waals surface area contributed by atoms with E-state index < -0.39 is 0 Å². The number of hydrogen-bond donors (Lipinski definition) is 1. The molecule has 1 atom stereocenters. The Hall–Kier alpha value is -3.15. The second kappa shape index (κ2) is 8.69. The molecule has 0 bridgehead atoms. The fraction of sp³-hybridized carbons (Fsp3) is 0.333. The Kier molecular flexibility index (Phi) is 5.84. The summed E-state index contributed by atoms with van der Waals surface area (Å²) in [5.41, 5.74) is 3.15. The van der Waals surface area contributed by atoms with Gasteiger partial charge in [-0.25, -0.2) is 9.37 Å². The molecule has 0 aliphatic carbocycles. The van der Waals surface area contributed by atoms with E-state index in [0.29, 0.717) is 29.6 Å². The first kappa shape index (κ1) is 20.1. The number of aromatic nitrogens is 1. The average Bonchev–Trinajstić information content (AvgIpc) is 3.11. The van der Waals surface area contributed by atoms with E-state index in [1.807, 2.05) is 55.1 Å². The Morgan fingerprint density at radius 3 is 2.83 bits per heavy atom. The van der Waals surface area contributed by atoms with Gasteiger partial charge in [-0.3, -0.25) is 4.79 Å². The summed E-state index contributed by atoms with van der Waals surface area (Å²) in [6.07, 6.45) is 1.94. The molecule has 2 aromatic carbocycles. The SMILES string of the molecule is Cc1ccc(F)c(N2CCCC(NC(=O)Cc3nc(-c4ccccc4)oc3C)C2)c1. The van der Waals surface area contributed by atoms with Crippen LogP contribution in [0.4, 0.5) is 10.1 Å². The Labute approximate surface area is 175 Å². The molecule has 4 rings (SSSR count). The number of rotatable bonds is 5. The van der Waals surface area contributed by atoms with Crippen molar-refractivity contribution < 1.29 is 13.6 Å². The number of halogens is 1. The van der Waals surface area contributed by atoms with E-state index in [0.717, 1.165) is 30.5 Å². The van der Waals surface area contributed by atoms with Crippen LogP contribution in [-0.2, 0) is 11.2 Å². The Balaban J connectivity index is 1.39. The summed E-state index contributed by atoms with van der Waals surface area (Å²) in [6.45, 7) is 5.16. The summed E-state index contributed by atoms with van der Waals surface area (Å²) in [4.78, 5) is 19.2. The van der Waals surface area contributed by atoms with Gasteiger partial charge in [0.25, 0.3) is 0 Å². The zero-order valence-electron chi connectivity index (χ0n) is 17.3. The molecule has 156 valence electrons. The van der Waals surface area contributed by atoms with Crippen LogP contribution in [0.3, 0.4) is 0 Å². The average molecular weight is 407 g/mol. The molecule has 1 aromatic heterocycles. The summed E-state index contributed by atoms with van der Waals surface area (Å²) in [5, 5.41) is 3.09. The standard InChI is InChI=1S/C24H26FN3O2/c1-16-10-11-20(25)22(13-16)28-12-6-9-19(15-28)26-23(29)14-21-17(2)30-24(27-21)18-7-4-3-5-8-18/h3-5,7-8,10-11,13,19H,6,9,12,14-15H2,1-2H3,(H,26,29). The molecule has 1 unspecified atom stereocenters. The van der Waals surface area contributed by atoms with Gasteiger partial charge in [-0.05, 0) is 56.5 Å². The number of nitrogens with one attached hydrogen (secondary N) is 1. The lowest BCUT2D eigenvalue weighted by Crippen LogP contribution is -2.48. The maximum atomic E-state index is 14.3. The van der Waals surface area contributed by atoms with E-state index >= 15 is 0 Å². The first-order valence-corrected chi connectivity index (χ1v) is 10.3. The molecule has 1 saturated heterocycles. The summed E-state index contributed by atoms with van der Waals surface area (Å²) in [5.74, 6) is 0.854. The molecule has 3 aromatic rings. The highest BCUT2D eigenvalue weighted by molar-refractivity contribution is 5.79. The number of aryl methyl sites for hydroxylation is 2. The van der Waals surface area contributed by atoms with Gasteiger partial charge in [0.1, 0.15) is 11.6 Å². The van der Waals surface area contributed by atoms with Crippen molar-refractivity contribution >= 4 is 11.6 Å². The first-order valence-electron chi connectivity index (χ1n) is 10.3. The van der Waals surface area contributed by atoms with Crippen LogP contribution < -0.4 is 10.2 Å². The van der Waals surface area contributed by atoms with E-state index in [9.17, 15) is 9.18 Å². The quantitative estimate of drug-likeness (QED) is 0.680. The van der Waals surface area contributed by atoms with Crippen LogP contribution in [0.2, 0.25) is 0 Å². The van der Waals surface area contributed by atoms with Gasteiger partial charge < -0.3 is 14.6 Å². The number of carbonyl (C=O) groups is 1. The van der Waals surface area contributed by atoms with Gasteiger partial charge >= 0.3 is 0 Å². The highest BCUT2D eigenvalue weighted by atomic mass is 19.1. The van der Waals surface area contributed by atoms with Crippen LogP contribution in [0.25, 0.3) is 11.5 Å². The number of benzene rings is 2. The van der Waals surface area contributed by atoms with Crippen LogP contribution in [0.1, 0.15) is 29.9 Å². The highest BCUT2D eigenvalue weighted by Gasteiger charge is 2.24. The van der Waals surface area contributed by atoms with Gasteiger partial charge in [-0.2, -0.15) is 0 Å². The van der Waals surface area contributed by atoms with Crippen LogP contribution in [0.15, 0.2) is 52.9 Å². The minimum atomic E-state index is -0.223. The topological polar surface area (TPSA) is 58.4 Å². The molecule has 30 heavy (non-hydrogen) atoms. The van der Waals surface area contributed by atoms with Gasteiger partial charge in [0.15, 0.2) is 0 Å². The van der Waals surface area contributed by atoms with Crippen LogP contribution in [0, 0.1) is 19.7 Å². The van der Waals surface area contributed by atoms with Gasteiger partial charge in [0.05, 0.1) is 17.8 Å². The van der Waals surface area contributed by atoms with Crippen LogP contribution >= 0.6 is 0 Å². The third-order valence-corrected chi connectivity index (χ3v) is 5.47. The first-order chi connectivity index (χ1) is 14.5. The van der Waals surface area contributed by atoms with E-state index in [4.69, 9.17) is 4.42 Å². The number of hydrogen-bond acceptors (Lipinski definition) is 4. The van der Waals surface area contributed by atoms with E-state index in [1.165, 1.54) is 6.07 Å². The molecule has 0 radical (unpaired) electrons. The monoisotopic (exact) mass is 407 g/mol. The maximum Gasteiger partial charge on any atom is 0.226 e. The Morgan fingerprint density at radius 1 is 1.23 bits per heavy atom. The molecule has 1 aliphatic heterocycles. The zero-order chi connectivity index (χ0) is 21.1. The summed E-state index contributed by atoms with van der Waals surface area (Å²) in [6, 6.07) is 14.8. The van der Waals surface area contributed by atoms with Gasteiger partial charge in [-0.1, -0.05) is 24.3 Å². The fourth-order valence-electron chi connectivity index (χ4n) is 3.91. The third-order valence-electron chi connectivity index (χ3n) is 5.47. The van der Waals surface area contributed by atoms with Crippen LogP contribution in [-0.4, -0.2) is 30.0 Å². The minimum absolute atomic E-state index is 0.0213. The molecule has 0 spiro atoms. The van der Waals surface area contributed by atoms with Crippen LogP contribution in [0.5, 0.6) is 0 Å². The van der Waals surface area contributed by atoms with Gasteiger partial charge in [-0.15, -0.1) is 0 Å². The number of carbonyl (C=O) groups excluding carboxylic acids is 1. The predicted octanol–water partition coefficient (Wildman–Crippen LogP) is 4.43. The second-order valence-electron chi connectivity index (χ2n) is 7.87. The molecule has 6 heteroatoms. The summed E-state index contributed by atoms with van der Waals surface area (Å²) < 4.78 is 20.0. The molecule has 1 N–H and O–H groups in total. The molecular weight excluding hydrogens is 381 g/mol. The third kappa shape index (κ3) is 4.53. The van der Waals surface area contributed by atoms with Crippen molar-refractivity contribution in [3.8, 4) is 11.5 Å². The summed E-state index contributed by atoms with van der Waals surface area (Å²) >= 11 is 0. The normalized spacial score (nSPS) is 16.5. The number of piperidine rings is 1. The lowest BCUT2D eigenvalue weighted by molar-refractivity contribution is -0.121. The molecular formula is C24H26FN3O2. The Morgan fingerprint density at radius 2 is 2.03 bits per heavy atom. The lowest BCUT2D eigenvalue weighted by atomic mass is 10.0. The van der Waals surface area contributed by atoms with Crippen molar-refractivity contribution in [2.75, 3.05) is 18.0 Å². The summed E-state index contributed by atoms with van der Waals surface area (Å²) in [7, 11) is 0. The highest BCUT2D eigenvalue weighted by Crippen LogP contribution is 2.25. The molecule has 0 saturated carbocycles. The van der Waals surface area contributed by atoms with Crippen molar-refractivity contribution in [3.05, 3.63) is 71.4 Å². The van der Waals surface area contributed by atoms with E-state index in [2.05, 4.69) is 10.3 Å². The zero-order valence-corrected chi connectivity index (χ0v) is 17.3. The molecule has 5 nitrogen and oxygen atoms in total. The second-order valence-corrected chi connectivity index (χ2v) is 7.87. The maximum absolute atomic E-state index is 14.3. The lowest BCUT2D eigenvalue weighted by Gasteiger charge is -2.35. The van der Waals surface area contributed by atoms with Crippen molar-refractivity contribution in [2.24, 2.45) is 0 Å². The van der Waals surface area contributed by atoms with Gasteiger partial charge in [0.2, 0.25) is 11.8 Å². The number of oxazole rings is 1. The molecule has 2 heterocycles. The van der Waals surface area contributed by atoms with Crippen molar-refractivity contribution in [1.29, 1.82) is 0 Å². The number of amides is 1. The number of nitrogens with zero attached hydrogens (tertiary/aromatic N) is 2.